The van der Waals surface area contributed by atoms with E-state index in [4.69, 9.17) is 4.74 Å². The van der Waals surface area contributed by atoms with Gasteiger partial charge in [-0.25, -0.2) is 4.39 Å². The minimum Gasteiger partial charge on any atom is -0.496 e. The lowest BCUT2D eigenvalue weighted by Gasteiger charge is -2.07. The first-order valence-corrected chi connectivity index (χ1v) is 6.87. The van der Waals surface area contributed by atoms with Gasteiger partial charge in [-0.3, -0.25) is 4.79 Å². The molecule has 4 nitrogen and oxygen atoms in total. The molecule has 0 spiro atoms. The van der Waals surface area contributed by atoms with Crippen molar-refractivity contribution in [1.82, 2.24) is 0 Å². The number of nitriles is 1. The molecular weight excluding hydrogens is 295 g/mol. The highest BCUT2D eigenvalue weighted by atomic mass is 19.1. The molecule has 0 saturated heterocycles. The largest absolute Gasteiger partial charge is 0.496 e. The number of ether oxygens (including phenoxy) is 1. The summed E-state index contributed by atoms with van der Waals surface area (Å²) in [7, 11) is 1.55. The van der Waals surface area contributed by atoms with Crippen LogP contribution in [-0.2, 0) is 4.79 Å². The van der Waals surface area contributed by atoms with Crippen molar-refractivity contribution in [3.8, 4) is 11.8 Å². The van der Waals surface area contributed by atoms with E-state index in [0.717, 1.165) is 5.56 Å². The van der Waals surface area contributed by atoms with E-state index < -0.39 is 11.7 Å². The summed E-state index contributed by atoms with van der Waals surface area (Å²) in [6.45, 7) is 1.89. The van der Waals surface area contributed by atoms with Crippen LogP contribution in [0, 0.1) is 24.1 Å². The number of carbonyl (C=O) groups excluding carboxylic acids is 1. The topological polar surface area (TPSA) is 62.1 Å². The van der Waals surface area contributed by atoms with Gasteiger partial charge in [0.1, 0.15) is 23.2 Å². The number of rotatable bonds is 4. The second-order valence-electron chi connectivity index (χ2n) is 4.83. The number of nitrogens with one attached hydrogen (secondary N) is 1. The fourth-order valence-electron chi connectivity index (χ4n) is 1.99. The van der Waals surface area contributed by atoms with Gasteiger partial charge in [0.15, 0.2) is 0 Å². The van der Waals surface area contributed by atoms with Gasteiger partial charge >= 0.3 is 0 Å². The number of benzene rings is 2. The first kappa shape index (κ1) is 16.2. The molecule has 5 heteroatoms. The Hall–Kier alpha value is -3.13. The number of amides is 1. The standard InChI is InChI=1S/C18H15FN2O2/c1-12-7-8-13(10-17(12)23-2)9-14(11-20)18(22)21-16-6-4-3-5-15(16)19/h3-10H,1-2H3,(H,21,22)/b14-9+. The Morgan fingerprint density at radius 2 is 2.04 bits per heavy atom. The number of halogens is 1. The number of carbonyl (C=O) groups is 1. The Balaban J connectivity index is 2.27. The Morgan fingerprint density at radius 3 is 2.70 bits per heavy atom. The number of para-hydroxylation sites is 1. The Morgan fingerprint density at radius 1 is 1.30 bits per heavy atom. The molecule has 0 heterocycles. The van der Waals surface area contributed by atoms with Gasteiger partial charge in [0.05, 0.1) is 12.8 Å². The molecule has 0 aliphatic rings. The molecule has 0 bridgehead atoms. The molecule has 2 aromatic carbocycles. The molecule has 0 aliphatic carbocycles. The highest BCUT2D eigenvalue weighted by Gasteiger charge is 2.12. The number of hydrogen-bond donors (Lipinski definition) is 1. The smallest absolute Gasteiger partial charge is 0.266 e. The molecule has 0 aromatic heterocycles. The summed E-state index contributed by atoms with van der Waals surface area (Å²) in [6.07, 6.45) is 1.43. The van der Waals surface area contributed by atoms with Crippen LogP contribution < -0.4 is 10.1 Å². The van der Waals surface area contributed by atoms with Crippen molar-refractivity contribution in [1.29, 1.82) is 5.26 Å². The average molecular weight is 310 g/mol. The van der Waals surface area contributed by atoms with E-state index >= 15 is 0 Å². The molecule has 0 unspecified atom stereocenters. The number of hydrogen-bond acceptors (Lipinski definition) is 3. The molecule has 23 heavy (non-hydrogen) atoms. The van der Waals surface area contributed by atoms with Crippen molar-refractivity contribution in [2.45, 2.75) is 6.92 Å². The normalized spacial score (nSPS) is 10.8. The van der Waals surface area contributed by atoms with E-state index in [9.17, 15) is 14.4 Å². The fourth-order valence-corrected chi connectivity index (χ4v) is 1.99. The van der Waals surface area contributed by atoms with Crippen molar-refractivity contribution < 1.29 is 13.9 Å². The van der Waals surface area contributed by atoms with Gasteiger partial charge in [-0.15, -0.1) is 0 Å². The van der Waals surface area contributed by atoms with Crippen molar-refractivity contribution in [3.05, 3.63) is 65.0 Å². The van der Waals surface area contributed by atoms with Crippen molar-refractivity contribution in [2.24, 2.45) is 0 Å². The van der Waals surface area contributed by atoms with Gasteiger partial charge in [-0.05, 0) is 42.3 Å². The summed E-state index contributed by atoms with van der Waals surface area (Å²) in [5.41, 5.74) is 1.49. The molecule has 0 aliphatic heterocycles. The second-order valence-corrected chi connectivity index (χ2v) is 4.83. The maximum absolute atomic E-state index is 13.6. The van der Waals surface area contributed by atoms with E-state index in [1.807, 2.05) is 19.1 Å². The molecule has 2 rings (SSSR count). The molecule has 0 radical (unpaired) electrons. The highest BCUT2D eigenvalue weighted by Crippen LogP contribution is 2.21. The average Bonchev–Trinajstić information content (AvgIpc) is 2.56. The Bertz CT molecular complexity index is 807. The van der Waals surface area contributed by atoms with Crippen molar-refractivity contribution >= 4 is 17.7 Å². The van der Waals surface area contributed by atoms with Crippen LogP contribution in [0.2, 0.25) is 0 Å². The SMILES string of the molecule is COc1cc(/C=C(\C#N)C(=O)Nc2ccccc2F)ccc1C. The highest BCUT2D eigenvalue weighted by molar-refractivity contribution is 6.09. The molecule has 0 atom stereocenters. The van der Waals surface area contributed by atoms with Crippen LogP contribution in [-0.4, -0.2) is 13.0 Å². The molecule has 2 aromatic rings. The second kappa shape index (κ2) is 7.23. The molecule has 0 fully saturated rings. The Kier molecular flexibility index (Phi) is 5.11. The van der Waals surface area contributed by atoms with Crippen LogP contribution in [0.25, 0.3) is 6.08 Å². The summed E-state index contributed by atoms with van der Waals surface area (Å²) in [6, 6.07) is 12.9. The van der Waals surface area contributed by atoms with Gasteiger partial charge in [0.25, 0.3) is 5.91 Å². The maximum atomic E-state index is 13.6. The number of nitrogens with zero attached hydrogens (tertiary/aromatic N) is 1. The van der Waals surface area contributed by atoms with Gasteiger partial charge in [0, 0.05) is 0 Å². The van der Waals surface area contributed by atoms with E-state index in [1.54, 1.807) is 25.3 Å². The van der Waals surface area contributed by atoms with Crippen LogP contribution in [0.3, 0.4) is 0 Å². The van der Waals surface area contributed by atoms with E-state index in [1.165, 1.54) is 24.3 Å². The summed E-state index contributed by atoms with van der Waals surface area (Å²) in [5, 5.41) is 11.6. The zero-order valence-electron chi connectivity index (χ0n) is 12.8. The summed E-state index contributed by atoms with van der Waals surface area (Å²) in [4.78, 5) is 12.1. The molecule has 0 saturated carbocycles. The minimum absolute atomic E-state index is 0.0279. The van der Waals surface area contributed by atoms with Gasteiger partial charge in [-0.2, -0.15) is 5.26 Å². The quantitative estimate of drug-likeness (QED) is 0.692. The zero-order chi connectivity index (χ0) is 16.8. The van der Waals surface area contributed by atoms with Gasteiger partial charge in [0.2, 0.25) is 0 Å². The summed E-state index contributed by atoms with van der Waals surface area (Å²) < 4.78 is 18.8. The maximum Gasteiger partial charge on any atom is 0.266 e. The lowest BCUT2D eigenvalue weighted by atomic mass is 10.1. The minimum atomic E-state index is -0.669. The van der Waals surface area contributed by atoms with Gasteiger partial charge < -0.3 is 10.1 Å². The number of anilines is 1. The first-order chi connectivity index (χ1) is 11.0. The Labute approximate surface area is 133 Å². The van der Waals surface area contributed by atoms with Crippen LogP contribution >= 0.6 is 0 Å². The summed E-state index contributed by atoms with van der Waals surface area (Å²) in [5.74, 6) is -0.571. The number of methoxy groups -OCH3 is 1. The fraction of sp³-hybridized carbons (Fsp3) is 0.111. The van der Waals surface area contributed by atoms with Crippen molar-refractivity contribution in [2.75, 3.05) is 12.4 Å². The molecule has 116 valence electrons. The van der Waals surface area contributed by atoms with Crippen LogP contribution in [0.4, 0.5) is 10.1 Å². The number of aryl methyl sites for hydroxylation is 1. The van der Waals surface area contributed by atoms with Crippen LogP contribution in [0.15, 0.2) is 48.0 Å². The predicted molar refractivity (Wildman–Crippen MR) is 86.4 cm³/mol. The first-order valence-electron chi connectivity index (χ1n) is 6.87. The summed E-state index contributed by atoms with van der Waals surface area (Å²) >= 11 is 0. The lowest BCUT2D eigenvalue weighted by Crippen LogP contribution is -2.14. The van der Waals surface area contributed by atoms with Gasteiger partial charge in [-0.1, -0.05) is 24.3 Å². The third-order valence-electron chi connectivity index (χ3n) is 3.23. The molecule has 1 N–H and O–H groups in total. The van der Waals surface area contributed by atoms with Crippen molar-refractivity contribution in [3.63, 3.8) is 0 Å². The lowest BCUT2D eigenvalue weighted by molar-refractivity contribution is -0.112. The zero-order valence-corrected chi connectivity index (χ0v) is 12.8. The third-order valence-corrected chi connectivity index (χ3v) is 3.23. The predicted octanol–water partition coefficient (Wildman–Crippen LogP) is 3.69. The van der Waals surface area contributed by atoms with Crippen LogP contribution in [0.1, 0.15) is 11.1 Å². The van der Waals surface area contributed by atoms with E-state index in [2.05, 4.69) is 5.32 Å². The monoisotopic (exact) mass is 310 g/mol. The molecule has 1 amide bonds. The van der Waals surface area contributed by atoms with Crippen LogP contribution in [0.5, 0.6) is 5.75 Å². The third kappa shape index (κ3) is 3.95. The van der Waals surface area contributed by atoms with E-state index in [0.29, 0.717) is 11.3 Å². The molecular formula is C18H15FN2O2. The van der Waals surface area contributed by atoms with E-state index in [-0.39, 0.29) is 11.3 Å².